The average Bonchev–Trinajstić information content (AvgIpc) is 2.90. The molecule has 2 aliphatic rings. The quantitative estimate of drug-likeness (QED) is 0.872. The van der Waals surface area contributed by atoms with Crippen LogP contribution in [0.1, 0.15) is 36.7 Å². The number of rotatable bonds is 2. The van der Waals surface area contributed by atoms with Crippen molar-refractivity contribution in [2.24, 2.45) is 17.8 Å². The maximum Gasteiger partial charge on any atom is 0.0913 e. The van der Waals surface area contributed by atoms with E-state index in [-0.39, 0.29) is 6.10 Å². The van der Waals surface area contributed by atoms with Crippen LogP contribution in [-0.2, 0) is 0 Å². The molecule has 4 unspecified atom stereocenters. The number of aliphatic hydroxyl groups is 1. The molecule has 2 bridgehead atoms. The first-order valence-electron chi connectivity index (χ1n) is 5.67. The molecule has 0 aromatic carbocycles. The second-order valence-corrected chi connectivity index (χ2v) is 7.42. The Morgan fingerprint density at radius 3 is 2.73 bits per heavy atom. The van der Waals surface area contributed by atoms with Gasteiger partial charge in [0, 0.05) is 4.88 Å². The molecule has 15 heavy (non-hydrogen) atoms. The lowest BCUT2D eigenvalue weighted by Gasteiger charge is -2.25. The molecule has 1 nitrogen and oxygen atoms in total. The average molecular weight is 287 g/mol. The van der Waals surface area contributed by atoms with Gasteiger partial charge in [0.05, 0.1) is 9.89 Å². The van der Waals surface area contributed by atoms with E-state index in [1.54, 1.807) is 11.3 Å². The van der Waals surface area contributed by atoms with E-state index in [1.165, 1.54) is 25.7 Å². The molecule has 0 radical (unpaired) electrons. The summed E-state index contributed by atoms with van der Waals surface area (Å²) in [4.78, 5) is 1.14. The first-order valence-corrected chi connectivity index (χ1v) is 7.28. The van der Waals surface area contributed by atoms with Gasteiger partial charge in [-0.15, -0.1) is 11.3 Å². The standard InChI is InChI=1S/C12H15BrOS/c13-11-4-3-10(15-11)12(14)9-6-7-1-2-8(9)5-7/h3-4,7-9,12,14H,1-2,5-6H2. The highest BCUT2D eigenvalue weighted by molar-refractivity contribution is 9.11. The fourth-order valence-corrected chi connectivity index (χ4v) is 4.86. The molecule has 2 fully saturated rings. The van der Waals surface area contributed by atoms with Crippen LogP contribution in [0, 0.1) is 17.8 Å². The summed E-state index contributed by atoms with van der Waals surface area (Å²) in [7, 11) is 0. The van der Waals surface area contributed by atoms with E-state index in [4.69, 9.17) is 0 Å². The lowest BCUT2D eigenvalue weighted by atomic mass is 9.84. The van der Waals surface area contributed by atoms with E-state index in [1.807, 2.05) is 6.07 Å². The van der Waals surface area contributed by atoms with Gasteiger partial charge < -0.3 is 5.11 Å². The van der Waals surface area contributed by atoms with Crippen LogP contribution in [0.5, 0.6) is 0 Å². The van der Waals surface area contributed by atoms with Crippen molar-refractivity contribution >= 4 is 27.3 Å². The highest BCUT2D eigenvalue weighted by Gasteiger charge is 2.43. The lowest BCUT2D eigenvalue weighted by Crippen LogP contribution is -2.18. The Balaban J connectivity index is 1.77. The van der Waals surface area contributed by atoms with Gasteiger partial charge in [0.25, 0.3) is 0 Å². The molecule has 0 saturated heterocycles. The summed E-state index contributed by atoms with van der Waals surface area (Å²) in [5.74, 6) is 2.25. The molecule has 3 rings (SSSR count). The maximum absolute atomic E-state index is 10.3. The summed E-state index contributed by atoms with van der Waals surface area (Å²) in [5, 5.41) is 10.3. The van der Waals surface area contributed by atoms with Crippen LogP contribution < -0.4 is 0 Å². The molecule has 1 aromatic rings. The van der Waals surface area contributed by atoms with Crippen LogP contribution in [0.4, 0.5) is 0 Å². The Hall–Kier alpha value is 0.140. The molecular formula is C12H15BrOS. The summed E-state index contributed by atoms with van der Waals surface area (Å²) in [6.07, 6.45) is 5.16. The molecule has 2 saturated carbocycles. The van der Waals surface area contributed by atoms with Gasteiger partial charge in [0.2, 0.25) is 0 Å². The monoisotopic (exact) mass is 286 g/mol. The van der Waals surface area contributed by atoms with E-state index in [9.17, 15) is 5.11 Å². The van der Waals surface area contributed by atoms with Crippen LogP contribution in [0.2, 0.25) is 0 Å². The van der Waals surface area contributed by atoms with Gasteiger partial charge >= 0.3 is 0 Å². The molecule has 0 spiro atoms. The zero-order valence-corrected chi connectivity index (χ0v) is 10.9. The molecule has 2 aliphatic carbocycles. The van der Waals surface area contributed by atoms with E-state index >= 15 is 0 Å². The number of thiophene rings is 1. The van der Waals surface area contributed by atoms with Gasteiger partial charge in [0.1, 0.15) is 0 Å². The Morgan fingerprint density at radius 2 is 2.20 bits per heavy atom. The van der Waals surface area contributed by atoms with Crippen molar-refractivity contribution in [3.8, 4) is 0 Å². The highest BCUT2D eigenvalue weighted by atomic mass is 79.9. The largest absolute Gasteiger partial charge is 0.387 e. The van der Waals surface area contributed by atoms with E-state index < -0.39 is 0 Å². The van der Waals surface area contributed by atoms with Gasteiger partial charge in [-0.1, -0.05) is 6.42 Å². The molecule has 3 heteroatoms. The molecule has 0 aliphatic heterocycles. The van der Waals surface area contributed by atoms with Crippen molar-refractivity contribution in [1.82, 2.24) is 0 Å². The Labute approximate surface area is 103 Å². The number of halogens is 1. The van der Waals surface area contributed by atoms with Crippen molar-refractivity contribution < 1.29 is 5.11 Å². The van der Waals surface area contributed by atoms with Crippen LogP contribution in [-0.4, -0.2) is 5.11 Å². The van der Waals surface area contributed by atoms with Crippen molar-refractivity contribution in [1.29, 1.82) is 0 Å². The third-order valence-corrected chi connectivity index (χ3v) is 5.78. The van der Waals surface area contributed by atoms with Crippen LogP contribution in [0.25, 0.3) is 0 Å². The summed E-state index contributed by atoms with van der Waals surface area (Å²) in [6, 6.07) is 4.10. The highest BCUT2D eigenvalue weighted by Crippen LogP contribution is 2.53. The fraction of sp³-hybridized carbons (Fsp3) is 0.667. The molecule has 0 amide bonds. The first kappa shape index (κ1) is 10.3. The predicted molar refractivity (Wildman–Crippen MR) is 65.9 cm³/mol. The van der Waals surface area contributed by atoms with Crippen molar-refractivity contribution in [3.05, 3.63) is 20.8 Å². The molecule has 4 atom stereocenters. The van der Waals surface area contributed by atoms with E-state index in [0.29, 0.717) is 5.92 Å². The third kappa shape index (κ3) is 1.79. The zero-order chi connectivity index (χ0) is 10.4. The maximum atomic E-state index is 10.3. The second kappa shape index (κ2) is 3.86. The third-order valence-electron chi connectivity index (χ3n) is 4.08. The molecule has 1 heterocycles. The molecule has 82 valence electrons. The van der Waals surface area contributed by atoms with Crippen LogP contribution in [0.15, 0.2) is 15.9 Å². The Bertz CT molecular complexity index is 362. The summed E-state index contributed by atoms with van der Waals surface area (Å²) in [6.45, 7) is 0. The fourth-order valence-electron chi connectivity index (χ4n) is 3.38. The van der Waals surface area contributed by atoms with Gasteiger partial charge in [0.15, 0.2) is 0 Å². The summed E-state index contributed by atoms with van der Waals surface area (Å²) in [5.41, 5.74) is 0. The van der Waals surface area contributed by atoms with Crippen molar-refractivity contribution in [2.45, 2.75) is 31.8 Å². The number of fused-ring (bicyclic) bond motifs is 2. The molecule has 1 N–H and O–H groups in total. The van der Waals surface area contributed by atoms with E-state index in [2.05, 4.69) is 22.0 Å². The minimum absolute atomic E-state index is 0.211. The number of hydrogen-bond acceptors (Lipinski definition) is 2. The second-order valence-electron chi connectivity index (χ2n) is 4.93. The minimum Gasteiger partial charge on any atom is -0.387 e. The summed E-state index contributed by atoms with van der Waals surface area (Å²) < 4.78 is 1.12. The first-order chi connectivity index (χ1) is 7.24. The SMILES string of the molecule is OC(c1ccc(Br)s1)C1CC2CCC1C2. The number of hydrogen-bond donors (Lipinski definition) is 1. The molecular weight excluding hydrogens is 272 g/mol. The number of aliphatic hydroxyl groups excluding tert-OH is 1. The topological polar surface area (TPSA) is 20.2 Å². The lowest BCUT2D eigenvalue weighted by molar-refractivity contribution is 0.0775. The summed E-state index contributed by atoms with van der Waals surface area (Å²) >= 11 is 5.13. The Kier molecular flexibility index (Phi) is 2.65. The van der Waals surface area contributed by atoms with Crippen LogP contribution >= 0.6 is 27.3 Å². The molecule has 1 aromatic heterocycles. The van der Waals surface area contributed by atoms with Crippen molar-refractivity contribution in [3.63, 3.8) is 0 Å². The Morgan fingerprint density at radius 1 is 1.33 bits per heavy atom. The van der Waals surface area contributed by atoms with Crippen molar-refractivity contribution in [2.75, 3.05) is 0 Å². The smallest absolute Gasteiger partial charge is 0.0913 e. The van der Waals surface area contributed by atoms with Gasteiger partial charge in [-0.25, -0.2) is 0 Å². The van der Waals surface area contributed by atoms with E-state index in [0.717, 1.165) is 20.5 Å². The van der Waals surface area contributed by atoms with Gasteiger partial charge in [-0.2, -0.15) is 0 Å². The van der Waals surface area contributed by atoms with Gasteiger partial charge in [-0.3, -0.25) is 0 Å². The van der Waals surface area contributed by atoms with Crippen LogP contribution in [0.3, 0.4) is 0 Å². The zero-order valence-electron chi connectivity index (χ0n) is 8.53. The predicted octanol–water partition coefficient (Wildman–Crippen LogP) is 3.98. The minimum atomic E-state index is -0.211. The van der Waals surface area contributed by atoms with Gasteiger partial charge in [-0.05, 0) is 65.1 Å². The normalized spacial score (nSPS) is 36.0.